The molecule has 1 heterocycles. The SMILES string of the molecule is COc1ccc(Cl)cc1NC(=O)CNc1ccc(Oc2ccncc2)cc1. The Hall–Kier alpha value is -3.25. The minimum absolute atomic E-state index is 0.0974. The summed E-state index contributed by atoms with van der Waals surface area (Å²) in [6, 6.07) is 15.9. The van der Waals surface area contributed by atoms with Gasteiger partial charge in [0.2, 0.25) is 5.91 Å². The van der Waals surface area contributed by atoms with E-state index in [1.54, 1.807) is 42.7 Å². The molecule has 6 nitrogen and oxygen atoms in total. The zero-order chi connectivity index (χ0) is 19.1. The molecule has 0 spiro atoms. The molecule has 2 N–H and O–H groups in total. The highest BCUT2D eigenvalue weighted by molar-refractivity contribution is 6.31. The number of pyridine rings is 1. The smallest absolute Gasteiger partial charge is 0.243 e. The lowest BCUT2D eigenvalue weighted by molar-refractivity contribution is -0.114. The molecule has 0 saturated heterocycles. The van der Waals surface area contributed by atoms with Crippen molar-refractivity contribution in [3.05, 3.63) is 72.0 Å². The Morgan fingerprint density at radius 2 is 1.74 bits per heavy atom. The highest BCUT2D eigenvalue weighted by Gasteiger charge is 2.08. The van der Waals surface area contributed by atoms with Crippen LogP contribution in [0.5, 0.6) is 17.2 Å². The van der Waals surface area contributed by atoms with Gasteiger partial charge in [0.15, 0.2) is 0 Å². The highest BCUT2D eigenvalue weighted by Crippen LogP contribution is 2.27. The van der Waals surface area contributed by atoms with Gasteiger partial charge in [0.25, 0.3) is 0 Å². The number of anilines is 2. The fraction of sp³-hybridized carbons (Fsp3) is 0.100. The number of hydrogen-bond donors (Lipinski definition) is 2. The van der Waals surface area contributed by atoms with Gasteiger partial charge in [0.1, 0.15) is 17.2 Å². The van der Waals surface area contributed by atoms with Crippen molar-refractivity contribution in [2.75, 3.05) is 24.3 Å². The molecule has 0 saturated carbocycles. The number of ether oxygens (including phenoxy) is 2. The fourth-order valence-corrected chi connectivity index (χ4v) is 2.51. The van der Waals surface area contributed by atoms with Gasteiger partial charge in [0, 0.05) is 23.1 Å². The van der Waals surface area contributed by atoms with Gasteiger partial charge in [-0.05, 0) is 54.6 Å². The lowest BCUT2D eigenvalue weighted by atomic mass is 10.3. The Morgan fingerprint density at radius 3 is 2.44 bits per heavy atom. The third-order valence-electron chi connectivity index (χ3n) is 3.63. The first kappa shape index (κ1) is 18.5. The summed E-state index contributed by atoms with van der Waals surface area (Å²) in [6.45, 7) is 0.0974. The highest BCUT2D eigenvalue weighted by atomic mass is 35.5. The zero-order valence-corrected chi connectivity index (χ0v) is 15.4. The van der Waals surface area contributed by atoms with Crippen LogP contribution in [0.15, 0.2) is 67.0 Å². The number of halogens is 1. The maximum atomic E-state index is 12.2. The Kier molecular flexibility index (Phi) is 6.12. The maximum absolute atomic E-state index is 12.2. The van der Waals surface area contributed by atoms with Crippen molar-refractivity contribution in [1.82, 2.24) is 4.98 Å². The van der Waals surface area contributed by atoms with E-state index >= 15 is 0 Å². The summed E-state index contributed by atoms with van der Waals surface area (Å²) >= 11 is 5.97. The Balaban J connectivity index is 1.54. The topological polar surface area (TPSA) is 72.5 Å². The van der Waals surface area contributed by atoms with Crippen LogP contribution in [-0.2, 0) is 4.79 Å². The molecule has 0 radical (unpaired) electrons. The molecule has 2 aromatic carbocycles. The van der Waals surface area contributed by atoms with Gasteiger partial charge in [-0.2, -0.15) is 0 Å². The number of aromatic nitrogens is 1. The van der Waals surface area contributed by atoms with Crippen molar-refractivity contribution >= 4 is 28.9 Å². The van der Waals surface area contributed by atoms with Crippen LogP contribution in [0.1, 0.15) is 0 Å². The van der Waals surface area contributed by atoms with Gasteiger partial charge < -0.3 is 20.1 Å². The third-order valence-corrected chi connectivity index (χ3v) is 3.86. The summed E-state index contributed by atoms with van der Waals surface area (Å²) < 4.78 is 10.9. The molecule has 0 bridgehead atoms. The van der Waals surface area contributed by atoms with E-state index in [1.807, 2.05) is 24.3 Å². The van der Waals surface area contributed by atoms with Crippen molar-refractivity contribution in [3.63, 3.8) is 0 Å². The molecule has 3 rings (SSSR count). The molecule has 138 valence electrons. The molecule has 0 aliphatic carbocycles. The van der Waals surface area contributed by atoms with Gasteiger partial charge in [0.05, 0.1) is 19.3 Å². The van der Waals surface area contributed by atoms with E-state index in [0.717, 1.165) is 5.69 Å². The van der Waals surface area contributed by atoms with E-state index in [9.17, 15) is 4.79 Å². The minimum Gasteiger partial charge on any atom is -0.495 e. The molecule has 1 amide bonds. The summed E-state index contributed by atoms with van der Waals surface area (Å²) in [4.78, 5) is 16.1. The second-order valence-corrected chi connectivity index (χ2v) is 5.99. The number of nitrogens with zero attached hydrogens (tertiary/aromatic N) is 1. The average Bonchev–Trinajstić information content (AvgIpc) is 2.68. The molecule has 27 heavy (non-hydrogen) atoms. The molecule has 3 aromatic rings. The Morgan fingerprint density at radius 1 is 1.04 bits per heavy atom. The first-order valence-corrected chi connectivity index (χ1v) is 8.57. The molecule has 0 aliphatic heterocycles. The van der Waals surface area contributed by atoms with Crippen LogP contribution in [0.4, 0.5) is 11.4 Å². The fourth-order valence-electron chi connectivity index (χ4n) is 2.34. The summed E-state index contributed by atoms with van der Waals surface area (Å²) in [6.07, 6.45) is 3.33. The monoisotopic (exact) mass is 383 g/mol. The number of hydrogen-bond acceptors (Lipinski definition) is 5. The first-order valence-electron chi connectivity index (χ1n) is 8.19. The number of carbonyl (C=O) groups excluding carboxylic acids is 1. The predicted octanol–water partition coefficient (Wildman–Crippen LogP) is 4.59. The lowest BCUT2D eigenvalue weighted by Gasteiger charge is -2.12. The van der Waals surface area contributed by atoms with Crippen molar-refractivity contribution in [2.24, 2.45) is 0 Å². The van der Waals surface area contributed by atoms with E-state index in [0.29, 0.717) is 28.0 Å². The van der Waals surface area contributed by atoms with Crippen LogP contribution >= 0.6 is 11.6 Å². The number of rotatable bonds is 7. The molecule has 7 heteroatoms. The molecule has 0 unspecified atom stereocenters. The third kappa shape index (κ3) is 5.36. The summed E-state index contributed by atoms with van der Waals surface area (Å²) in [5.74, 6) is 1.73. The van der Waals surface area contributed by atoms with Crippen LogP contribution in [0.2, 0.25) is 5.02 Å². The molecule has 0 fully saturated rings. The van der Waals surface area contributed by atoms with Crippen LogP contribution in [0.3, 0.4) is 0 Å². The van der Waals surface area contributed by atoms with Crippen molar-refractivity contribution in [1.29, 1.82) is 0 Å². The lowest BCUT2D eigenvalue weighted by Crippen LogP contribution is -2.22. The normalized spacial score (nSPS) is 10.1. The van der Waals surface area contributed by atoms with Crippen LogP contribution in [-0.4, -0.2) is 24.5 Å². The number of methoxy groups -OCH3 is 1. The van der Waals surface area contributed by atoms with E-state index in [-0.39, 0.29) is 12.5 Å². The van der Waals surface area contributed by atoms with Gasteiger partial charge in [-0.3, -0.25) is 9.78 Å². The van der Waals surface area contributed by atoms with Crippen molar-refractivity contribution < 1.29 is 14.3 Å². The van der Waals surface area contributed by atoms with Crippen LogP contribution < -0.4 is 20.1 Å². The van der Waals surface area contributed by atoms with Crippen LogP contribution in [0, 0.1) is 0 Å². The van der Waals surface area contributed by atoms with Gasteiger partial charge >= 0.3 is 0 Å². The first-order chi connectivity index (χ1) is 13.1. The quantitative estimate of drug-likeness (QED) is 0.624. The average molecular weight is 384 g/mol. The van der Waals surface area contributed by atoms with Gasteiger partial charge in [-0.1, -0.05) is 11.6 Å². The molecular weight excluding hydrogens is 366 g/mol. The molecule has 1 aromatic heterocycles. The van der Waals surface area contributed by atoms with Crippen molar-refractivity contribution in [2.45, 2.75) is 0 Å². The summed E-state index contributed by atoms with van der Waals surface area (Å²) in [5.41, 5.74) is 1.32. The predicted molar refractivity (Wildman–Crippen MR) is 106 cm³/mol. The summed E-state index contributed by atoms with van der Waals surface area (Å²) in [5, 5.41) is 6.35. The van der Waals surface area contributed by atoms with Gasteiger partial charge in [-0.15, -0.1) is 0 Å². The van der Waals surface area contributed by atoms with E-state index in [4.69, 9.17) is 21.1 Å². The van der Waals surface area contributed by atoms with E-state index in [1.165, 1.54) is 7.11 Å². The number of nitrogens with one attached hydrogen (secondary N) is 2. The second kappa shape index (κ2) is 8.91. The van der Waals surface area contributed by atoms with Crippen LogP contribution in [0.25, 0.3) is 0 Å². The zero-order valence-electron chi connectivity index (χ0n) is 14.6. The second-order valence-electron chi connectivity index (χ2n) is 5.56. The van der Waals surface area contributed by atoms with Crippen molar-refractivity contribution in [3.8, 4) is 17.2 Å². The molecular formula is C20H18ClN3O3. The number of benzene rings is 2. The van der Waals surface area contributed by atoms with Gasteiger partial charge in [-0.25, -0.2) is 0 Å². The van der Waals surface area contributed by atoms with E-state index in [2.05, 4.69) is 15.6 Å². The largest absolute Gasteiger partial charge is 0.495 e. The molecule has 0 atom stereocenters. The standard InChI is InChI=1S/C20H18ClN3O3/c1-26-19-7-2-14(21)12-18(19)24-20(25)13-23-15-3-5-16(6-4-15)27-17-8-10-22-11-9-17/h2-12,23H,13H2,1H3,(H,24,25). The number of carbonyl (C=O) groups is 1. The minimum atomic E-state index is -0.215. The number of amides is 1. The molecule has 0 aliphatic rings. The Labute approximate surface area is 162 Å². The maximum Gasteiger partial charge on any atom is 0.243 e. The Bertz CT molecular complexity index is 902. The summed E-state index contributed by atoms with van der Waals surface area (Å²) in [7, 11) is 1.53. The van der Waals surface area contributed by atoms with E-state index < -0.39 is 0 Å².